The first-order valence-electron chi connectivity index (χ1n) is 14.4. The summed E-state index contributed by atoms with van der Waals surface area (Å²) in [4.78, 5) is 66.1. The van der Waals surface area contributed by atoms with Crippen molar-refractivity contribution in [2.24, 2.45) is 0 Å². The molecule has 0 saturated carbocycles. The number of benzene rings is 2. The monoisotopic (exact) mass is 600 g/mol. The molecule has 13 heteroatoms. The third kappa shape index (κ3) is 8.34. The highest BCUT2D eigenvalue weighted by molar-refractivity contribution is 5.83. The standard InChI is InChI=1S/C31H36N8O5/c1-4-12-38(29(41)16-32-20-40)18-27-34-23-10-8-21(14-25(23)36-27)6-7-22-9-11-24-26(15-22)37-28(35-24)19-39(13-5-2)30(42)17-33-31(43)44-3/h8-11,14-15,20H,4-5,12-13,16-19H2,1-3H3,(H,32,40)(H,33,43)(H,34,36)(H,35,37). The van der Waals surface area contributed by atoms with E-state index in [2.05, 4.69) is 47.1 Å². The van der Waals surface area contributed by atoms with E-state index in [-0.39, 0.29) is 31.4 Å². The molecule has 0 spiro atoms. The molecular formula is C31H36N8O5. The highest BCUT2D eigenvalue weighted by Crippen LogP contribution is 2.17. The number of fused-ring (bicyclic) bond motifs is 2. The zero-order chi connectivity index (χ0) is 31.5. The lowest BCUT2D eigenvalue weighted by Gasteiger charge is -2.21. The van der Waals surface area contributed by atoms with E-state index in [1.165, 1.54) is 7.11 Å². The van der Waals surface area contributed by atoms with Crippen LogP contribution in [-0.4, -0.2) is 87.3 Å². The number of ether oxygens (including phenoxy) is 1. The number of amides is 4. The summed E-state index contributed by atoms with van der Waals surface area (Å²) < 4.78 is 4.54. The van der Waals surface area contributed by atoms with Gasteiger partial charge in [0.25, 0.3) is 0 Å². The Bertz CT molecular complexity index is 1700. The number of alkyl carbamates (subject to hydrolysis) is 1. The van der Waals surface area contributed by atoms with Gasteiger partial charge in [-0.25, -0.2) is 14.8 Å². The molecule has 0 radical (unpaired) electrons. The largest absolute Gasteiger partial charge is 0.453 e. The van der Waals surface area contributed by atoms with Gasteiger partial charge in [-0.05, 0) is 49.2 Å². The minimum atomic E-state index is -0.658. The summed E-state index contributed by atoms with van der Waals surface area (Å²) in [6, 6.07) is 11.4. The average molecular weight is 601 g/mol. The summed E-state index contributed by atoms with van der Waals surface area (Å²) in [7, 11) is 1.25. The third-order valence-corrected chi connectivity index (χ3v) is 6.69. The van der Waals surface area contributed by atoms with Gasteiger partial charge in [-0.1, -0.05) is 25.7 Å². The molecular weight excluding hydrogens is 564 g/mol. The predicted molar refractivity (Wildman–Crippen MR) is 164 cm³/mol. The van der Waals surface area contributed by atoms with Crippen LogP contribution in [0.15, 0.2) is 36.4 Å². The molecule has 0 aliphatic rings. The normalized spacial score (nSPS) is 10.6. The Kier molecular flexibility index (Phi) is 10.9. The molecule has 44 heavy (non-hydrogen) atoms. The van der Waals surface area contributed by atoms with Crippen LogP contribution in [0.25, 0.3) is 22.1 Å². The van der Waals surface area contributed by atoms with Gasteiger partial charge in [0.05, 0.1) is 48.8 Å². The Hall–Kier alpha value is -5.38. The van der Waals surface area contributed by atoms with Crippen LogP contribution in [0.3, 0.4) is 0 Å². The average Bonchev–Trinajstić information content (AvgIpc) is 3.62. The van der Waals surface area contributed by atoms with Gasteiger partial charge in [0.15, 0.2) is 0 Å². The van der Waals surface area contributed by atoms with E-state index < -0.39 is 6.09 Å². The third-order valence-electron chi connectivity index (χ3n) is 6.69. The highest BCUT2D eigenvalue weighted by Gasteiger charge is 2.17. The van der Waals surface area contributed by atoms with E-state index in [1.54, 1.807) is 9.80 Å². The molecule has 4 aromatic rings. The Labute approximate surface area is 254 Å². The molecule has 0 unspecified atom stereocenters. The second kappa shape index (κ2) is 15.2. The summed E-state index contributed by atoms with van der Waals surface area (Å²) in [6.07, 6.45) is 1.39. The van der Waals surface area contributed by atoms with Crippen molar-refractivity contribution < 1.29 is 23.9 Å². The minimum absolute atomic E-state index is 0.0533. The van der Waals surface area contributed by atoms with E-state index in [9.17, 15) is 19.2 Å². The maximum absolute atomic E-state index is 12.6. The molecule has 4 N–H and O–H groups in total. The van der Waals surface area contributed by atoms with E-state index >= 15 is 0 Å². The number of carbonyl (C=O) groups is 4. The smallest absolute Gasteiger partial charge is 0.407 e. The van der Waals surface area contributed by atoms with Crippen molar-refractivity contribution in [3.8, 4) is 11.8 Å². The van der Waals surface area contributed by atoms with E-state index in [0.29, 0.717) is 37.7 Å². The lowest BCUT2D eigenvalue weighted by Crippen LogP contribution is -2.40. The van der Waals surface area contributed by atoms with Gasteiger partial charge in [0.2, 0.25) is 18.2 Å². The van der Waals surface area contributed by atoms with Crippen LogP contribution in [0.4, 0.5) is 4.79 Å². The van der Waals surface area contributed by atoms with Crippen molar-refractivity contribution in [2.45, 2.75) is 39.8 Å². The number of nitrogens with one attached hydrogen (secondary N) is 4. The first-order valence-corrected chi connectivity index (χ1v) is 14.4. The zero-order valence-electron chi connectivity index (χ0n) is 25.0. The minimum Gasteiger partial charge on any atom is -0.453 e. The Morgan fingerprint density at radius 1 is 0.841 bits per heavy atom. The molecule has 4 amide bonds. The van der Waals surface area contributed by atoms with Gasteiger partial charge >= 0.3 is 6.09 Å². The number of nitrogens with zero attached hydrogens (tertiary/aromatic N) is 4. The van der Waals surface area contributed by atoms with Crippen LogP contribution in [-0.2, 0) is 32.2 Å². The maximum atomic E-state index is 12.6. The first kappa shape index (κ1) is 31.6. The molecule has 0 aliphatic carbocycles. The fraction of sp³-hybridized carbons (Fsp3) is 0.355. The Balaban J connectivity index is 1.45. The van der Waals surface area contributed by atoms with Crippen LogP contribution < -0.4 is 10.6 Å². The van der Waals surface area contributed by atoms with Crippen molar-refractivity contribution in [3.05, 3.63) is 59.2 Å². The number of aromatic amines is 2. The molecule has 2 aromatic carbocycles. The number of H-pyrrole nitrogens is 2. The molecule has 0 atom stereocenters. The quantitative estimate of drug-likeness (QED) is 0.135. The Morgan fingerprint density at radius 2 is 1.34 bits per heavy atom. The van der Waals surface area contributed by atoms with E-state index in [1.807, 2.05) is 50.2 Å². The van der Waals surface area contributed by atoms with Crippen molar-refractivity contribution in [3.63, 3.8) is 0 Å². The molecule has 2 heterocycles. The van der Waals surface area contributed by atoms with Gasteiger partial charge < -0.3 is 35.1 Å². The molecule has 2 aromatic heterocycles. The van der Waals surface area contributed by atoms with Gasteiger partial charge in [-0.3, -0.25) is 14.4 Å². The lowest BCUT2D eigenvalue weighted by atomic mass is 10.1. The Morgan fingerprint density at radius 3 is 1.80 bits per heavy atom. The van der Waals surface area contributed by atoms with Crippen molar-refractivity contribution in [2.75, 3.05) is 33.3 Å². The number of hydrogen-bond acceptors (Lipinski definition) is 7. The fourth-order valence-corrected chi connectivity index (χ4v) is 4.63. The number of carbonyl (C=O) groups excluding carboxylic acids is 4. The second-order valence-corrected chi connectivity index (χ2v) is 10.1. The molecule has 230 valence electrons. The highest BCUT2D eigenvalue weighted by atomic mass is 16.5. The fourth-order valence-electron chi connectivity index (χ4n) is 4.63. The summed E-state index contributed by atoms with van der Waals surface area (Å²) in [6.45, 7) is 5.41. The van der Waals surface area contributed by atoms with Crippen LogP contribution in [0.5, 0.6) is 0 Å². The van der Waals surface area contributed by atoms with Gasteiger partial charge in [0, 0.05) is 24.2 Å². The SMILES string of the molecule is CCCN(Cc1nc2ccc(C#Cc3ccc4nc(CN(CCC)C(=O)CNC(=O)OC)[nH]c4c3)cc2[nH]1)C(=O)CNC=O. The van der Waals surface area contributed by atoms with Crippen LogP contribution in [0, 0.1) is 11.8 Å². The molecule has 0 fully saturated rings. The van der Waals surface area contributed by atoms with E-state index in [4.69, 9.17) is 0 Å². The molecule has 0 bridgehead atoms. The van der Waals surface area contributed by atoms with Crippen LogP contribution in [0.1, 0.15) is 49.5 Å². The van der Waals surface area contributed by atoms with Crippen LogP contribution >= 0.6 is 0 Å². The predicted octanol–water partition coefficient (Wildman–Crippen LogP) is 2.42. The topological polar surface area (TPSA) is 165 Å². The second-order valence-electron chi connectivity index (χ2n) is 10.1. The first-order chi connectivity index (χ1) is 21.3. The number of rotatable bonds is 13. The maximum Gasteiger partial charge on any atom is 0.407 e. The van der Waals surface area contributed by atoms with Crippen molar-refractivity contribution >= 4 is 46.4 Å². The van der Waals surface area contributed by atoms with E-state index in [0.717, 1.165) is 46.0 Å². The van der Waals surface area contributed by atoms with Crippen molar-refractivity contribution in [1.29, 1.82) is 0 Å². The van der Waals surface area contributed by atoms with Gasteiger partial charge in [-0.2, -0.15) is 0 Å². The molecule has 13 nitrogen and oxygen atoms in total. The number of hydrogen-bond donors (Lipinski definition) is 4. The molecule has 0 saturated heterocycles. The summed E-state index contributed by atoms with van der Waals surface area (Å²) >= 11 is 0. The number of imidazole rings is 2. The summed E-state index contributed by atoms with van der Waals surface area (Å²) in [5, 5.41) is 4.84. The number of methoxy groups -OCH3 is 1. The zero-order valence-corrected chi connectivity index (χ0v) is 25.0. The molecule has 0 aliphatic heterocycles. The summed E-state index contributed by atoms with van der Waals surface area (Å²) in [5.41, 5.74) is 4.72. The molecule has 4 rings (SSSR count). The lowest BCUT2D eigenvalue weighted by molar-refractivity contribution is -0.132. The summed E-state index contributed by atoms with van der Waals surface area (Å²) in [5.74, 6) is 7.26. The van der Waals surface area contributed by atoms with Crippen molar-refractivity contribution in [1.82, 2.24) is 40.4 Å². The van der Waals surface area contributed by atoms with Gasteiger partial charge in [-0.15, -0.1) is 0 Å². The van der Waals surface area contributed by atoms with Crippen LogP contribution in [0.2, 0.25) is 0 Å². The number of aromatic nitrogens is 4. The van der Waals surface area contributed by atoms with Gasteiger partial charge in [0.1, 0.15) is 18.2 Å².